The summed E-state index contributed by atoms with van der Waals surface area (Å²) < 4.78 is 0. The van der Waals surface area contributed by atoms with Crippen molar-refractivity contribution < 1.29 is 4.79 Å². The summed E-state index contributed by atoms with van der Waals surface area (Å²) in [7, 11) is 0. The van der Waals surface area contributed by atoms with E-state index < -0.39 is 0 Å². The van der Waals surface area contributed by atoms with Gasteiger partial charge in [-0.3, -0.25) is 4.98 Å². The third-order valence-corrected chi connectivity index (χ3v) is 2.95. The van der Waals surface area contributed by atoms with Crippen LogP contribution in [0.3, 0.4) is 0 Å². The monoisotopic (exact) mass is 269 g/mol. The van der Waals surface area contributed by atoms with Gasteiger partial charge in [-0.05, 0) is 38.0 Å². The molecule has 104 valence electrons. The van der Waals surface area contributed by atoms with Crippen LogP contribution in [-0.4, -0.2) is 17.6 Å². The van der Waals surface area contributed by atoms with Crippen molar-refractivity contribution in [3.8, 4) is 0 Å². The average Bonchev–Trinajstić information content (AvgIpc) is 2.41. The number of anilines is 1. The van der Waals surface area contributed by atoms with Crippen molar-refractivity contribution in [2.24, 2.45) is 0 Å². The van der Waals surface area contributed by atoms with E-state index in [1.807, 2.05) is 25.1 Å². The van der Waals surface area contributed by atoms with E-state index in [1.165, 1.54) is 11.1 Å². The number of carbonyl (C=O) groups is 1. The van der Waals surface area contributed by atoms with Crippen molar-refractivity contribution in [1.29, 1.82) is 0 Å². The highest BCUT2D eigenvalue weighted by atomic mass is 16.2. The maximum Gasteiger partial charge on any atom is 0.319 e. The molecule has 1 aromatic heterocycles. The highest BCUT2D eigenvalue weighted by Gasteiger charge is 2.01. The van der Waals surface area contributed by atoms with Crippen molar-refractivity contribution >= 4 is 11.7 Å². The maximum absolute atomic E-state index is 11.7. The highest BCUT2D eigenvalue weighted by Crippen LogP contribution is 2.06. The molecule has 0 atom stereocenters. The molecule has 0 aliphatic carbocycles. The molecule has 0 fully saturated rings. The van der Waals surface area contributed by atoms with Gasteiger partial charge in [0.25, 0.3) is 0 Å². The number of aromatic nitrogens is 1. The molecule has 4 nitrogen and oxygen atoms in total. The van der Waals surface area contributed by atoms with Gasteiger partial charge in [-0.2, -0.15) is 0 Å². The Kier molecular flexibility index (Phi) is 4.71. The largest absolute Gasteiger partial charge is 0.338 e. The van der Waals surface area contributed by atoms with Gasteiger partial charge in [-0.15, -0.1) is 0 Å². The summed E-state index contributed by atoms with van der Waals surface area (Å²) in [5.41, 5.74) is 4.08. The van der Waals surface area contributed by atoms with E-state index >= 15 is 0 Å². The number of hydrogen-bond acceptors (Lipinski definition) is 2. The fourth-order valence-corrected chi connectivity index (χ4v) is 1.91. The number of carbonyl (C=O) groups excluding carboxylic acids is 1. The number of benzene rings is 1. The molecular formula is C16H19N3O. The van der Waals surface area contributed by atoms with E-state index in [2.05, 4.69) is 40.7 Å². The Labute approximate surface area is 119 Å². The molecule has 2 aromatic rings. The van der Waals surface area contributed by atoms with Crippen LogP contribution < -0.4 is 10.6 Å². The van der Waals surface area contributed by atoms with Crippen LogP contribution in [0.1, 0.15) is 16.8 Å². The maximum atomic E-state index is 11.7. The molecule has 0 saturated heterocycles. The number of urea groups is 1. The number of amides is 2. The molecule has 4 heteroatoms. The third kappa shape index (κ3) is 4.39. The fourth-order valence-electron chi connectivity index (χ4n) is 1.91. The molecule has 2 rings (SSSR count). The van der Waals surface area contributed by atoms with E-state index in [1.54, 1.807) is 6.20 Å². The number of nitrogens with zero attached hydrogens (tertiary/aromatic N) is 1. The molecule has 0 unspecified atom stereocenters. The van der Waals surface area contributed by atoms with Crippen molar-refractivity contribution in [2.75, 3.05) is 11.9 Å². The number of pyridine rings is 1. The summed E-state index contributed by atoms with van der Waals surface area (Å²) >= 11 is 0. The van der Waals surface area contributed by atoms with Crippen LogP contribution in [0.2, 0.25) is 0 Å². The van der Waals surface area contributed by atoms with Gasteiger partial charge in [0.1, 0.15) is 0 Å². The van der Waals surface area contributed by atoms with Crippen LogP contribution in [0.4, 0.5) is 10.5 Å². The Balaban J connectivity index is 1.76. The van der Waals surface area contributed by atoms with Crippen molar-refractivity contribution in [3.05, 3.63) is 59.4 Å². The van der Waals surface area contributed by atoms with Crippen LogP contribution in [0, 0.1) is 13.8 Å². The minimum atomic E-state index is -0.205. The van der Waals surface area contributed by atoms with E-state index in [0.717, 1.165) is 12.1 Å². The molecule has 0 spiro atoms. The van der Waals surface area contributed by atoms with Crippen molar-refractivity contribution in [1.82, 2.24) is 10.3 Å². The molecule has 0 saturated carbocycles. The molecular weight excluding hydrogens is 250 g/mol. The molecule has 0 aliphatic heterocycles. The predicted octanol–water partition coefficient (Wildman–Crippen LogP) is 3.06. The summed E-state index contributed by atoms with van der Waals surface area (Å²) in [4.78, 5) is 15.8. The Morgan fingerprint density at radius 2 is 2.05 bits per heavy atom. The number of rotatable bonds is 4. The smallest absolute Gasteiger partial charge is 0.319 e. The summed E-state index contributed by atoms with van der Waals surface area (Å²) in [5.74, 6) is 0. The lowest BCUT2D eigenvalue weighted by Gasteiger charge is -2.08. The zero-order valence-electron chi connectivity index (χ0n) is 11.8. The standard InChI is InChI=1S/C16H19N3O/c1-12-4-3-5-14(10-12)8-9-17-16(20)19-15-7-6-13(2)18-11-15/h3-7,10-11H,8-9H2,1-2H3,(H2,17,19,20). The minimum absolute atomic E-state index is 0.205. The minimum Gasteiger partial charge on any atom is -0.338 e. The summed E-state index contributed by atoms with van der Waals surface area (Å²) in [6.45, 7) is 4.58. The Morgan fingerprint density at radius 3 is 2.75 bits per heavy atom. The lowest BCUT2D eigenvalue weighted by atomic mass is 10.1. The molecule has 2 amide bonds. The molecule has 1 aromatic carbocycles. The molecule has 1 heterocycles. The second-order valence-corrected chi connectivity index (χ2v) is 4.81. The van der Waals surface area contributed by atoms with Gasteiger partial charge in [0.15, 0.2) is 0 Å². The van der Waals surface area contributed by atoms with E-state index in [4.69, 9.17) is 0 Å². The number of nitrogens with one attached hydrogen (secondary N) is 2. The summed E-state index contributed by atoms with van der Waals surface area (Å²) in [6, 6.07) is 11.8. The molecule has 2 N–H and O–H groups in total. The van der Waals surface area contributed by atoms with Crippen LogP contribution in [0.25, 0.3) is 0 Å². The van der Waals surface area contributed by atoms with Crippen LogP contribution in [0.15, 0.2) is 42.6 Å². The lowest BCUT2D eigenvalue weighted by Crippen LogP contribution is -2.30. The number of aryl methyl sites for hydroxylation is 2. The zero-order valence-corrected chi connectivity index (χ0v) is 11.8. The quantitative estimate of drug-likeness (QED) is 0.896. The van der Waals surface area contributed by atoms with Crippen molar-refractivity contribution in [2.45, 2.75) is 20.3 Å². The topological polar surface area (TPSA) is 54.0 Å². The Bertz CT molecular complexity index is 579. The fraction of sp³-hybridized carbons (Fsp3) is 0.250. The number of hydrogen-bond donors (Lipinski definition) is 2. The Morgan fingerprint density at radius 1 is 1.20 bits per heavy atom. The van der Waals surface area contributed by atoms with Gasteiger partial charge in [0.05, 0.1) is 11.9 Å². The lowest BCUT2D eigenvalue weighted by molar-refractivity contribution is 0.252. The summed E-state index contributed by atoms with van der Waals surface area (Å²) in [6.07, 6.45) is 2.47. The molecule has 20 heavy (non-hydrogen) atoms. The van der Waals surface area contributed by atoms with E-state index in [9.17, 15) is 4.79 Å². The molecule has 0 aliphatic rings. The second kappa shape index (κ2) is 6.70. The van der Waals surface area contributed by atoms with Gasteiger partial charge < -0.3 is 10.6 Å². The van der Waals surface area contributed by atoms with Gasteiger partial charge in [-0.25, -0.2) is 4.79 Å². The van der Waals surface area contributed by atoms with Gasteiger partial charge >= 0.3 is 6.03 Å². The normalized spacial score (nSPS) is 10.1. The predicted molar refractivity (Wildman–Crippen MR) is 80.9 cm³/mol. The van der Waals surface area contributed by atoms with E-state index in [-0.39, 0.29) is 6.03 Å². The Hall–Kier alpha value is -2.36. The van der Waals surface area contributed by atoms with Gasteiger partial charge in [-0.1, -0.05) is 29.8 Å². The first-order chi connectivity index (χ1) is 9.63. The van der Waals surface area contributed by atoms with E-state index in [0.29, 0.717) is 12.2 Å². The first-order valence-corrected chi connectivity index (χ1v) is 6.66. The SMILES string of the molecule is Cc1cccc(CCNC(=O)Nc2ccc(C)nc2)c1. The third-order valence-electron chi connectivity index (χ3n) is 2.95. The average molecular weight is 269 g/mol. The first kappa shape index (κ1) is 14.1. The zero-order chi connectivity index (χ0) is 14.4. The van der Waals surface area contributed by atoms with Crippen LogP contribution in [0.5, 0.6) is 0 Å². The van der Waals surface area contributed by atoms with Gasteiger partial charge in [0, 0.05) is 12.2 Å². The molecule has 0 bridgehead atoms. The van der Waals surface area contributed by atoms with Gasteiger partial charge in [0.2, 0.25) is 0 Å². The summed E-state index contributed by atoms with van der Waals surface area (Å²) in [5, 5.41) is 5.59. The van der Waals surface area contributed by atoms with Crippen LogP contribution in [-0.2, 0) is 6.42 Å². The van der Waals surface area contributed by atoms with Crippen LogP contribution >= 0.6 is 0 Å². The van der Waals surface area contributed by atoms with Crippen molar-refractivity contribution in [3.63, 3.8) is 0 Å². The highest BCUT2D eigenvalue weighted by molar-refractivity contribution is 5.88. The first-order valence-electron chi connectivity index (χ1n) is 6.66. The molecule has 0 radical (unpaired) electrons. The second-order valence-electron chi connectivity index (χ2n) is 4.81.